The molecule has 0 radical (unpaired) electrons. The summed E-state index contributed by atoms with van der Waals surface area (Å²) in [6.07, 6.45) is 0. The van der Waals surface area contributed by atoms with Gasteiger partial charge in [-0.25, -0.2) is 0 Å². The fraction of sp³-hybridized carbons (Fsp3) is 0.118. The van der Waals surface area contributed by atoms with Crippen LogP contribution in [0.15, 0.2) is 52.3 Å². The molecule has 0 bridgehead atoms. The van der Waals surface area contributed by atoms with Crippen molar-refractivity contribution >= 4 is 52.4 Å². The molecule has 1 heterocycles. The Hall–Kier alpha value is -1.60. The van der Waals surface area contributed by atoms with Crippen LogP contribution in [-0.2, 0) is 6.54 Å². The zero-order chi connectivity index (χ0) is 17.8. The molecule has 3 rings (SSSR count). The van der Waals surface area contributed by atoms with E-state index in [1.165, 1.54) is 0 Å². The number of rotatable bonds is 5. The highest BCUT2D eigenvalue weighted by atomic mass is 35.5. The molecule has 1 N–H and O–H groups in total. The lowest BCUT2D eigenvalue weighted by atomic mass is 10.2. The molecule has 1 amide bonds. The Morgan fingerprint density at radius 3 is 2.64 bits per heavy atom. The lowest BCUT2D eigenvalue weighted by Gasteiger charge is -2.12. The summed E-state index contributed by atoms with van der Waals surface area (Å²) in [7, 11) is 0. The van der Waals surface area contributed by atoms with E-state index in [-0.39, 0.29) is 5.91 Å². The van der Waals surface area contributed by atoms with E-state index in [0.717, 1.165) is 26.9 Å². The van der Waals surface area contributed by atoms with Gasteiger partial charge in [0, 0.05) is 31.9 Å². The van der Waals surface area contributed by atoms with Crippen molar-refractivity contribution in [2.24, 2.45) is 0 Å². The summed E-state index contributed by atoms with van der Waals surface area (Å²) in [4.78, 5) is 14.8. The summed E-state index contributed by atoms with van der Waals surface area (Å²) >= 11 is 14.9. The SMILES string of the molecule is Cc1nnsc1C(=O)NCc1c(Cl)cccc1Sc1ccc(Cl)cc1. The number of aromatic nitrogens is 2. The maximum Gasteiger partial charge on any atom is 0.265 e. The van der Waals surface area contributed by atoms with E-state index in [1.54, 1.807) is 18.7 Å². The first kappa shape index (κ1) is 18.2. The Morgan fingerprint density at radius 1 is 1.20 bits per heavy atom. The molecule has 3 aromatic rings. The van der Waals surface area contributed by atoms with Gasteiger partial charge in [-0.3, -0.25) is 4.79 Å². The molecule has 0 saturated carbocycles. The molecule has 25 heavy (non-hydrogen) atoms. The standard InChI is InChI=1S/C17H13Cl2N3OS2/c1-10-16(25-22-21-10)17(23)20-9-13-14(19)3-2-4-15(13)24-12-7-5-11(18)6-8-12/h2-8H,9H2,1H3,(H,20,23). The first-order valence-electron chi connectivity index (χ1n) is 7.32. The molecule has 0 atom stereocenters. The molecule has 0 aliphatic rings. The van der Waals surface area contributed by atoms with Crippen molar-refractivity contribution < 1.29 is 4.79 Å². The first-order valence-corrected chi connectivity index (χ1v) is 9.67. The Labute approximate surface area is 163 Å². The molecule has 0 unspecified atom stereocenters. The van der Waals surface area contributed by atoms with Crippen molar-refractivity contribution in [2.75, 3.05) is 0 Å². The average Bonchev–Trinajstić information content (AvgIpc) is 3.02. The van der Waals surface area contributed by atoms with Gasteiger partial charge in [-0.2, -0.15) is 0 Å². The molecule has 0 spiro atoms. The summed E-state index contributed by atoms with van der Waals surface area (Å²) in [5, 5.41) is 8.05. The number of nitrogens with zero attached hydrogens (tertiary/aromatic N) is 2. The van der Waals surface area contributed by atoms with Crippen molar-refractivity contribution in [3.05, 3.63) is 68.6 Å². The van der Waals surface area contributed by atoms with Crippen LogP contribution in [0.3, 0.4) is 0 Å². The number of benzene rings is 2. The minimum absolute atomic E-state index is 0.199. The highest BCUT2D eigenvalue weighted by molar-refractivity contribution is 7.99. The second-order valence-electron chi connectivity index (χ2n) is 5.14. The van der Waals surface area contributed by atoms with Crippen molar-refractivity contribution in [3.63, 3.8) is 0 Å². The van der Waals surface area contributed by atoms with Crippen molar-refractivity contribution in [2.45, 2.75) is 23.3 Å². The van der Waals surface area contributed by atoms with Crippen LogP contribution in [0.5, 0.6) is 0 Å². The smallest absolute Gasteiger partial charge is 0.265 e. The number of halogens is 2. The number of carbonyl (C=O) groups is 1. The van der Waals surface area contributed by atoms with Gasteiger partial charge in [0.15, 0.2) is 0 Å². The molecule has 0 aliphatic heterocycles. The minimum atomic E-state index is -0.199. The first-order chi connectivity index (χ1) is 12.0. The van der Waals surface area contributed by atoms with Crippen molar-refractivity contribution in [1.29, 1.82) is 0 Å². The van der Waals surface area contributed by atoms with Crippen LogP contribution in [0.25, 0.3) is 0 Å². The van der Waals surface area contributed by atoms with Gasteiger partial charge in [0.1, 0.15) is 4.88 Å². The normalized spacial score (nSPS) is 10.7. The highest BCUT2D eigenvalue weighted by Crippen LogP contribution is 2.34. The predicted molar refractivity (Wildman–Crippen MR) is 103 cm³/mol. The second kappa shape index (κ2) is 8.19. The maximum atomic E-state index is 12.3. The third-order valence-electron chi connectivity index (χ3n) is 3.40. The topological polar surface area (TPSA) is 54.9 Å². The van der Waals surface area contributed by atoms with E-state index in [2.05, 4.69) is 14.9 Å². The van der Waals surface area contributed by atoms with E-state index < -0.39 is 0 Å². The third-order valence-corrected chi connectivity index (χ3v) is 5.94. The predicted octanol–water partition coefficient (Wildman–Crippen LogP) is 5.23. The highest BCUT2D eigenvalue weighted by Gasteiger charge is 2.15. The van der Waals surface area contributed by atoms with E-state index >= 15 is 0 Å². The van der Waals surface area contributed by atoms with Crippen LogP contribution in [0.4, 0.5) is 0 Å². The summed E-state index contributed by atoms with van der Waals surface area (Å²) in [5.74, 6) is -0.199. The van der Waals surface area contributed by atoms with Crippen molar-refractivity contribution in [3.8, 4) is 0 Å². The van der Waals surface area contributed by atoms with Gasteiger partial charge >= 0.3 is 0 Å². The van der Waals surface area contributed by atoms with Gasteiger partial charge in [-0.05, 0) is 54.9 Å². The van der Waals surface area contributed by atoms with E-state index in [0.29, 0.717) is 27.2 Å². The fourth-order valence-corrected chi connectivity index (χ4v) is 4.10. The molecule has 0 saturated heterocycles. The van der Waals surface area contributed by atoms with Gasteiger partial charge in [0.2, 0.25) is 0 Å². The van der Waals surface area contributed by atoms with Crippen LogP contribution in [0.1, 0.15) is 20.9 Å². The van der Waals surface area contributed by atoms with E-state index in [9.17, 15) is 4.79 Å². The zero-order valence-corrected chi connectivity index (χ0v) is 16.3. The lowest BCUT2D eigenvalue weighted by Crippen LogP contribution is -2.23. The number of aryl methyl sites for hydroxylation is 1. The van der Waals surface area contributed by atoms with Crippen LogP contribution in [0.2, 0.25) is 10.0 Å². The molecule has 8 heteroatoms. The van der Waals surface area contributed by atoms with Gasteiger partial charge < -0.3 is 5.32 Å². The minimum Gasteiger partial charge on any atom is -0.347 e. The number of hydrogen-bond donors (Lipinski definition) is 1. The number of carbonyl (C=O) groups excluding carboxylic acids is 1. The largest absolute Gasteiger partial charge is 0.347 e. The molecule has 0 aliphatic carbocycles. The summed E-state index contributed by atoms with van der Waals surface area (Å²) < 4.78 is 3.79. The third kappa shape index (κ3) is 4.52. The lowest BCUT2D eigenvalue weighted by molar-refractivity contribution is 0.0954. The van der Waals surface area contributed by atoms with Gasteiger partial charge in [0.05, 0.1) is 5.69 Å². The molecule has 1 aromatic heterocycles. The second-order valence-corrected chi connectivity index (χ2v) is 7.86. The van der Waals surface area contributed by atoms with Crippen LogP contribution in [0, 0.1) is 6.92 Å². The molecule has 128 valence electrons. The van der Waals surface area contributed by atoms with Crippen molar-refractivity contribution in [1.82, 2.24) is 14.9 Å². The Kier molecular flexibility index (Phi) is 5.96. The molecular weight excluding hydrogens is 397 g/mol. The maximum absolute atomic E-state index is 12.3. The summed E-state index contributed by atoms with van der Waals surface area (Å²) in [6, 6.07) is 13.3. The number of nitrogens with one attached hydrogen (secondary N) is 1. The van der Waals surface area contributed by atoms with Gasteiger partial charge in [-0.15, -0.1) is 5.10 Å². The monoisotopic (exact) mass is 409 g/mol. The van der Waals surface area contributed by atoms with Crippen LogP contribution in [-0.4, -0.2) is 15.5 Å². The van der Waals surface area contributed by atoms with Crippen LogP contribution < -0.4 is 5.32 Å². The van der Waals surface area contributed by atoms with Gasteiger partial charge in [-0.1, -0.05) is 45.5 Å². The fourth-order valence-electron chi connectivity index (χ4n) is 2.12. The Balaban J connectivity index is 1.77. The Morgan fingerprint density at radius 2 is 1.96 bits per heavy atom. The number of hydrogen-bond acceptors (Lipinski definition) is 5. The van der Waals surface area contributed by atoms with Gasteiger partial charge in [0.25, 0.3) is 5.91 Å². The molecule has 2 aromatic carbocycles. The summed E-state index contributed by atoms with van der Waals surface area (Å²) in [6.45, 7) is 2.08. The molecular formula is C17H13Cl2N3OS2. The number of amides is 1. The zero-order valence-electron chi connectivity index (χ0n) is 13.1. The Bertz CT molecular complexity index is 897. The summed E-state index contributed by atoms with van der Waals surface area (Å²) in [5.41, 5.74) is 1.49. The van der Waals surface area contributed by atoms with E-state index in [4.69, 9.17) is 23.2 Å². The van der Waals surface area contributed by atoms with Crippen LogP contribution >= 0.6 is 46.5 Å². The molecule has 0 fully saturated rings. The van der Waals surface area contributed by atoms with E-state index in [1.807, 2.05) is 42.5 Å². The quantitative estimate of drug-likeness (QED) is 0.626. The molecule has 4 nitrogen and oxygen atoms in total. The average molecular weight is 410 g/mol.